The topological polar surface area (TPSA) is 145 Å². The molecule has 136 valence electrons. The van der Waals surface area contributed by atoms with Crippen molar-refractivity contribution in [1.82, 2.24) is 0 Å². The summed E-state index contributed by atoms with van der Waals surface area (Å²) < 4.78 is 33.5. The Labute approximate surface area is 147 Å². The Bertz CT molecular complexity index is 980. The van der Waals surface area contributed by atoms with E-state index >= 15 is 0 Å². The van der Waals surface area contributed by atoms with Gasteiger partial charge in [0.2, 0.25) is 10.0 Å². The summed E-state index contributed by atoms with van der Waals surface area (Å²) in [5.74, 6) is -0.183. The number of methoxy groups -OCH3 is 1. The van der Waals surface area contributed by atoms with Crippen molar-refractivity contribution in [3.8, 4) is 5.75 Å². The van der Waals surface area contributed by atoms with Crippen LogP contribution in [0.2, 0.25) is 5.02 Å². The van der Waals surface area contributed by atoms with Crippen molar-refractivity contribution in [2.75, 3.05) is 19.0 Å². The number of hydrogen-bond donors (Lipinski definition) is 3. The summed E-state index contributed by atoms with van der Waals surface area (Å²) in [7, 11) is -3.20. The Balaban J connectivity index is 2.66. The molecular weight excluding hydrogens is 376 g/mol. The molecule has 2 rings (SSSR count). The van der Waals surface area contributed by atoms with Gasteiger partial charge >= 0.3 is 0 Å². The summed E-state index contributed by atoms with van der Waals surface area (Å²) in [6, 6.07) is 2.52. The third kappa shape index (κ3) is 3.53. The molecule has 0 aliphatic heterocycles. The van der Waals surface area contributed by atoms with Gasteiger partial charge in [0.15, 0.2) is 12.0 Å². The van der Waals surface area contributed by atoms with Crippen LogP contribution in [0.15, 0.2) is 26.6 Å². The zero-order valence-electron chi connectivity index (χ0n) is 13.2. The van der Waals surface area contributed by atoms with Crippen molar-refractivity contribution < 1.29 is 23.0 Å². The van der Waals surface area contributed by atoms with Crippen LogP contribution in [0.25, 0.3) is 0 Å². The van der Waals surface area contributed by atoms with Crippen LogP contribution in [0.4, 0.5) is 11.4 Å². The molecule has 2 aromatic carbocycles. The molecule has 0 aromatic heterocycles. The lowest BCUT2D eigenvalue weighted by Crippen LogP contribution is -2.35. The van der Waals surface area contributed by atoms with E-state index in [2.05, 4.69) is 5.32 Å². The number of nitrogens with two attached hydrogens (primary N) is 1. The molecule has 25 heavy (non-hydrogen) atoms. The van der Waals surface area contributed by atoms with E-state index in [1.165, 1.54) is 12.1 Å². The molecule has 11 heteroatoms. The fourth-order valence-electron chi connectivity index (χ4n) is 2.24. The predicted molar refractivity (Wildman–Crippen MR) is 90.6 cm³/mol. The fraction of sp³-hybridized carbons (Fsp3) is 0.286. The zero-order valence-corrected chi connectivity index (χ0v) is 14.8. The van der Waals surface area contributed by atoms with Crippen molar-refractivity contribution in [2.45, 2.75) is 18.1 Å². The number of primary sulfonamides is 1. The van der Waals surface area contributed by atoms with Gasteiger partial charge in [0.1, 0.15) is 10.6 Å². The highest BCUT2D eigenvalue weighted by Gasteiger charge is 2.29. The van der Waals surface area contributed by atoms with Crippen molar-refractivity contribution in [2.24, 2.45) is 5.14 Å². The summed E-state index contributed by atoms with van der Waals surface area (Å²) in [4.78, 5) is 22.7. The number of aliphatic hydroxyl groups is 1. The van der Waals surface area contributed by atoms with E-state index < -0.39 is 32.1 Å². The normalized spacial score (nSPS) is 13.0. The van der Waals surface area contributed by atoms with Gasteiger partial charge in [0, 0.05) is 12.8 Å². The van der Waals surface area contributed by atoms with Crippen molar-refractivity contribution in [1.29, 1.82) is 0 Å². The first-order valence-electron chi connectivity index (χ1n) is 6.92. The smallest absolute Gasteiger partial charge is 0.272 e. The van der Waals surface area contributed by atoms with Gasteiger partial charge in [-0.2, -0.15) is 0 Å². The molecular formula is C14H15ClN2O7S. The Kier molecular flexibility index (Phi) is 5.49. The predicted octanol–water partition coefficient (Wildman–Crippen LogP) is 0.363. The van der Waals surface area contributed by atoms with Crippen LogP contribution >= 0.6 is 11.6 Å². The SMILES string of the molecule is CCOc1c(Nc2ccc(Cl)c(S(N)(=O)=O)c2C(O)OC)c(=O)c1=O. The Morgan fingerprint density at radius 1 is 1.32 bits per heavy atom. The lowest BCUT2D eigenvalue weighted by Gasteiger charge is -2.21. The fourth-order valence-corrected chi connectivity index (χ4v) is 3.58. The van der Waals surface area contributed by atoms with Gasteiger partial charge in [-0.25, -0.2) is 13.6 Å². The maximum absolute atomic E-state index is 11.8. The van der Waals surface area contributed by atoms with Gasteiger partial charge in [-0.15, -0.1) is 0 Å². The first-order valence-corrected chi connectivity index (χ1v) is 8.85. The van der Waals surface area contributed by atoms with Crippen LogP contribution in [0.5, 0.6) is 5.75 Å². The first-order chi connectivity index (χ1) is 11.6. The van der Waals surface area contributed by atoms with E-state index in [0.29, 0.717) is 0 Å². The Hall–Kier alpha value is -1.98. The van der Waals surface area contributed by atoms with E-state index in [1.54, 1.807) is 6.92 Å². The molecule has 9 nitrogen and oxygen atoms in total. The van der Waals surface area contributed by atoms with Crippen LogP contribution in [-0.2, 0) is 14.8 Å². The quantitative estimate of drug-likeness (QED) is 0.454. The molecule has 0 aliphatic carbocycles. The molecule has 0 radical (unpaired) electrons. The van der Waals surface area contributed by atoms with E-state index in [4.69, 9.17) is 26.2 Å². The monoisotopic (exact) mass is 390 g/mol. The second-order valence-corrected chi connectivity index (χ2v) is 6.80. The van der Waals surface area contributed by atoms with Crippen molar-refractivity contribution in [3.63, 3.8) is 0 Å². The summed E-state index contributed by atoms with van der Waals surface area (Å²) >= 11 is 5.89. The van der Waals surface area contributed by atoms with Gasteiger partial charge in [-0.3, -0.25) is 9.59 Å². The average Bonchev–Trinajstić information content (AvgIpc) is 2.56. The van der Waals surface area contributed by atoms with Crippen LogP contribution < -0.4 is 26.1 Å². The molecule has 0 saturated heterocycles. The van der Waals surface area contributed by atoms with Crippen molar-refractivity contribution >= 4 is 33.0 Å². The van der Waals surface area contributed by atoms with Gasteiger partial charge in [-0.05, 0) is 19.1 Å². The average molecular weight is 391 g/mol. The highest BCUT2D eigenvalue weighted by Crippen LogP contribution is 2.37. The molecule has 0 heterocycles. The number of anilines is 2. The standard InChI is InChI=1S/C14H15ClN2O7S/c1-3-24-12-9(10(18)11(12)19)17-7-5-4-6(15)13(25(16,21)22)8(7)14(20)23-2/h4-5,14,17,20H,3H2,1-2H3,(H2,16,21,22). The number of sulfonamides is 1. The van der Waals surface area contributed by atoms with E-state index in [0.717, 1.165) is 7.11 Å². The lowest BCUT2D eigenvalue weighted by atomic mass is 10.1. The lowest BCUT2D eigenvalue weighted by molar-refractivity contribution is -0.0782. The minimum Gasteiger partial charge on any atom is -0.488 e. The number of ether oxygens (including phenoxy) is 2. The molecule has 1 atom stereocenters. The number of nitrogens with one attached hydrogen (secondary N) is 1. The van der Waals surface area contributed by atoms with E-state index in [1.807, 2.05) is 0 Å². The Morgan fingerprint density at radius 2 is 1.96 bits per heavy atom. The second-order valence-electron chi connectivity index (χ2n) is 4.89. The number of halogens is 1. The highest BCUT2D eigenvalue weighted by atomic mass is 35.5. The van der Waals surface area contributed by atoms with Gasteiger partial charge < -0.3 is 19.9 Å². The molecule has 0 saturated carbocycles. The molecule has 0 fully saturated rings. The number of aliphatic hydroxyl groups excluding tert-OH is 1. The highest BCUT2D eigenvalue weighted by molar-refractivity contribution is 7.89. The third-order valence-electron chi connectivity index (χ3n) is 3.32. The first kappa shape index (κ1) is 19.3. The Morgan fingerprint density at radius 3 is 2.48 bits per heavy atom. The van der Waals surface area contributed by atoms with Gasteiger partial charge in [-0.1, -0.05) is 11.6 Å². The second kappa shape index (κ2) is 7.10. The van der Waals surface area contributed by atoms with Crippen LogP contribution in [0.1, 0.15) is 18.8 Å². The molecule has 0 amide bonds. The van der Waals surface area contributed by atoms with E-state index in [-0.39, 0.29) is 34.3 Å². The molecule has 4 N–H and O–H groups in total. The molecule has 1 unspecified atom stereocenters. The zero-order chi connectivity index (χ0) is 18.9. The number of benzene rings is 1. The summed E-state index contributed by atoms with van der Waals surface area (Å²) in [5.41, 5.74) is -2.14. The summed E-state index contributed by atoms with van der Waals surface area (Å²) in [6.45, 7) is 1.78. The van der Waals surface area contributed by atoms with Crippen molar-refractivity contribution in [3.05, 3.63) is 43.2 Å². The molecule has 0 spiro atoms. The summed E-state index contributed by atoms with van der Waals surface area (Å²) in [5, 5.41) is 17.5. The minimum atomic E-state index is -4.33. The number of rotatable bonds is 7. The van der Waals surface area contributed by atoms with Crippen LogP contribution in [-0.4, -0.2) is 27.2 Å². The summed E-state index contributed by atoms with van der Waals surface area (Å²) in [6.07, 6.45) is -1.71. The van der Waals surface area contributed by atoms with Gasteiger partial charge in [0.25, 0.3) is 10.9 Å². The third-order valence-corrected chi connectivity index (χ3v) is 4.75. The van der Waals surface area contributed by atoms with Crippen LogP contribution in [0, 0.1) is 0 Å². The largest absolute Gasteiger partial charge is 0.488 e. The number of hydrogen-bond acceptors (Lipinski definition) is 8. The molecule has 2 aromatic rings. The minimum absolute atomic E-state index is 0.0316. The molecule has 0 aliphatic rings. The molecule has 0 bridgehead atoms. The van der Waals surface area contributed by atoms with Gasteiger partial charge in [0.05, 0.1) is 17.2 Å². The maximum atomic E-state index is 11.8. The van der Waals surface area contributed by atoms with Crippen LogP contribution in [0.3, 0.4) is 0 Å². The maximum Gasteiger partial charge on any atom is 0.272 e. The van der Waals surface area contributed by atoms with E-state index in [9.17, 15) is 23.1 Å².